The van der Waals surface area contributed by atoms with E-state index in [0.29, 0.717) is 6.61 Å². The molecule has 1 aromatic heterocycles. The van der Waals surface area contributed by atoms with Crippen LogP contribution in [-0.4, -0.2) is 40.1 Å². The van der Waals surface area contributed by atoms with Gasteiger partial charge in [-0.25, -0.2) is 4.79 Å². The summed E-state index contributed by atoms with van der Waals surface area (Å²) in [5, 5.41) is 9.48. The molecule has 2 heterocycles. The van der Waals surface area contributed by atoms with E-state index in [-0.39, 0.29) is 13.0 Å². The van der Waals surface area contributed by atoms with Crippen LogP contribution in [0.2, 0.25) is 0 Å². The Bertz CT molecular complexity index is 835. The number of aliphatic hydroxyl groups is 1. The summed E-state index contributed by atoms with van der Waals surface area (Å²) in [6, 6.07) is 10.0. The molecule has 8 heteroatoms. The molecule has 0 aliphatic carbocycles. The molecule has 0 spiro atoms. The molecule has 0 radical (unpaired) electrons. The average molecular weight is 364 g/mol. The summed E-state index contributed by atoms with van der Waals surface area (Å²) in [4.78, 5) is 24.9. The highest BCUT2D eigenvalue weighted by molar-refractivity contribution is 5.14. The summed E-state index contributed by atoms with van der Waals surface area (Å²) < 4.78 is 25.8. The van der Waals surface area contributed by atoms with Gasteiger partial charge in [0, 0.05) is 13.0 Å². The smallest absolute Gasteiger partial charge is 0.330 e. The van der Waals surface area contributed by atoms with Crippen molar-refractivity contribution in [3.8, 4) is 0 Å². The highest BCUT2D eigenvalue weighted by Gasteiger charge is 2.37. The number of halogens is 1. The van der Waals surface area contributed by atoms with Crippen molar-refractivity contribution in [1.82, 2.24) is 9.55 Å². The lowest BCUT2D eigenvalue weighted by atomic mass is 10.1. The Labute approximate surface area is 149 Å². The Morgan fingerprint density at radius 1 is 1.31 bits per heavy atom. The molecule has 0 amide bonds. The predicted molar refractivity (Wildman–Crippen MR) is 91.4 cm³/mol. The van der Waals surface area contributed by atoms with Gasteiger partial charge in [0.15, 0.2) is 0 Å². The molecular formula is C18H21FN2O5. The van der Waals surface area contributed by atoms with E-state index in [1.807, 2.05) is 35.3 Å². The molecule has 1 fully saturated rings. The van der Waals surface area contributed by atoms with Gasteiger partial charge < -0.3 is 14.6 Å². The Balaban J connectivity index is 1.58. The van der Waals surface area contributed by atoms with Crippen LogP contribution in [0, 0.1) is 5.82 Å². The average Bonchev–Trinajstić information content (AvgIpc) is 3.05. The van der Waals surface area contributed by atoms with Crippen LogP contribution >= 0.6 is 0 Å². The van der Waals surface area contributed by atoms with Crippen LogP contribution in [0.5, 0.6) is 0 Å². The van der Waals surface area contributed by atoms with Crippen molar-refractivity contribution in [2.45, 2.75) is 37.7 Å². The molecular weight excluding hydrogens is 343 g/mol. The standard InChI is InChI=1S/C18H21FN2O5/c19-13-10-21(18(24)20-17(13)23)16-9-14(15(11-22)26-16)25-8-4-7-12-5-2-1-3-6-12/h1-3,5-6,10,14-16,22H,4,7-9,11H2,(H,20,23,24)/t14-,15+,16+/m0/s1. The first-order chi connectivity index (χ1) is 12.6. The number of aromatic amines is 1. The SMILES string of the molecule is O=c1[nH]c(=O)n([C@H]2C[C@H](OCCCc3ccccc3)[C@@H](CO)O2)cc1F. The van der Waals surface area contributed by atoms with Crippen LogP contribution in [0.1, 0.15) is 24.6 Å². The van der Waals surface area contributed by atoms with E-state index in [1.165, 1.54) is 5.56 Å². The lowest BCUT2D eigenvalue weighted by Gasteiger charge is -2.16. The molecule has 26 heavy (non-hydrogen) atoms. The third-order valence-corrected chi connectivity index (χ3v) is 4.38. The quantitative estimate of drug-likeness (QED) is 0.714. The van der Waals surface area contributed by atoms with Crippen molar-refractivity contribution < 1.29 is 19.0 Å². The molecule has 1 aliphatic heterocycles. The van der Waals surface area contributed by atoms with Gasteiger partial charge in [0.1, 0.15) is 12.3 Å². The maximum atomic E-state index is 13.5. The number of aliphatic hydroxyl groups excluding tert-OH is 1. The Hall–Kier alpha value is -2.29. The molecule has 7 nitrogen and oxygen atoms in total. The van der Waals surface area contributed by atoms with Crippen molar-refractivity contribution in [3.05, 3.63) is 68.7 Å². The fraction of sp³-hybridized carbons (Fsp3) is 0.444. The molecule has 3 rings (SSSR count). The van der Waals surface area contributed by atoms with Crippen molar-refractivity contribution >= 4 is 0 Å². The molecule has 3 atom stereocenters. The van der Waals surface area contributed by atoms with E-state index >= 15 is 0 Å². The van der Waals surface area contributed by atoms with Crippen LogP contribution < -0.4 is 11.2 Å². The molecule has 1 aromatic carbocycles. The minimum atomic E-state index is -1.07. The van der Waals surface area contributed by atoms with Gasteiger partial charge in [0.2, 0.25) is 5.82 Å². The molecule has 1 saturated heterocycles. The Morgan fingerprint density at radius 2 is 2.08 bits per heavy atom. The van der Waals surface area contributed by atoms with Gasteiger partial charge in [0.25, 0.3) is 5.56 Å². The van der Waals surface area contributed by atoms with Crippen LogP contribution in [0.25, 0.3) is 0 Å². The van der Waals surface area contributed by atoms with Gasteiger partial charge in [-0.05, 0) is 18.4 Å². The lowest BCUT2D eigenvalue weighted by molar-refractivity contribution is -0.0626. The normalized spacial score (nSPS) is 22.6. The predicted octanol–water partition coefficient (Wildman–Crippen LogP) is 0.973. The third-order valence-electron chi connectivity index (χ3n) is 4.38. The highest BCUT2D eigenvalue weighted by Crippen LogP contribution is 2.29. The fourth-order valence-electron chi connectivity index (χ4n) is 3.04. The maximum Gasteiger partial charge on any atom is 0.330 e. The van der Waals surface area contributed by atoms with Crippen LogP contribution in [0.3, 0.4) is 0 Å². The fourth-order valence-corrected chi connectivity index (χ4v) is 3.04. The number of benzene rings is 1. The van der Waals surface area contributed by atoms with Gasteiger partial charge in [-0.1, -0.05) is 30.3 Å². The molecule has 2 aromatic rings. The second-order valence-electron chi connectivity index (χ2n) is 6.19. The van der Waals surface area contributed by atoms with Gasteiger partial charge in [-0.3, -0.25) is 14.3 Å². The summed E-state index contributed by atoms with van der Waals surface area (Å²) >= 11 is 0. The van der Waals surface area contributed by atoms with Gasteiger partial charge in [0.05, 0.1) is 18.9 Å². The summed E-state index contributed by atoms with van der Waals surface area (Å²) in [6.07, 6.45) is 0.939. The number of ether oxygens (including phenoxy) is 2. The minimum Gasteiger partial charge on any atom is -0.394 e. The molecule has 0 bridgehead atoms. The van der Waals surface area contributed by atoms with Crippen molar-refractivity contribution in [2.75, 3.05) is 13.2 Å². The molecule has 0 saturated carbocycles. The van der Waals surface area contributed by atoms with Gasteiger partial charge >= 0.3 is 5.69 Å². The van der Waals surface area contributed by atoms with Crippen molar-refractivity contribution in [1.29, 1.82) is 0 Å². The maximum absolute atomic E-state index is 13.5. The van der Waals surface area contributed by atoms with E-state index < -0.39 is 35.5 Å². The number of aromatic nitrogens is 2. The molecule has 1 aliphatic rings. The number of hydrogen-bond donors (Lipinski definition) is 2. The summed E-state index contributed by atoms with van der Waals surface area (Å²) in [6.45, 7) is 0.196. The Morgan fingerprint density at radius 3 is 2.81 bits per heavy atom. The van der Waals surface area contributed by atoms with E-state index in [1.54, 1.807) is 0 Å². The monoisotopic (exact) mass is 364 g/mol. The highest BCUT2D eigenvalue weighted by atomic mass is 19.1. The van der Waals surface area contributed by atoms with Crippen molar-refractivity contribution in [2.24, 2.45) is 0 Å². The Kier molecular flexibility index (Phi) is 5.97. The van der Waals surface area contributed by atoms with E-state index in [4.69, 9.17) is 9.47 Å². The van der Waals surface area contributed by atoms with Crippen LogP contribution in [0.15, 0.2) is 46.1 Å². The number of aryl methyl sites for hydroxylation is 1. The second-order valence-corrected chi connectivity index (χ2v) is 6.19. The van der Waals surface area contributed by atoms with E-state index in [0.717, 1.165) is 23.6 Å². The largest absolute Gasteiger partial charge is 0.394 e. The number of hydrogen-bond acceptors (Lipinski definition) is 5. The van der Waals surface area contributed by atoms with Crippen LogP contribution in [-0.2, 0) is 15.9 Å². The zero-order valence-electron chi connectivity index (χ0n) is 14.1. The number of nitrogens with zero attached hydrogens (tertiary/aromatic N) is 1. The van der Waals surface area contributed by atoms with Crippen LogP contribution in [0.4, 0.5) is 4.39 Å². The lowest BCUT2D eigenvalue weighted by Crippen LogP contribution is -2.34. The summed E-state index contributed by atoms with van der Waals surface area (Å²) in [5.74, 6) is -1.07. The summed E-state index contributed by atoms with van der Waals surface area (Å²) in [5.41, 5.74) is -0.620. The molecule has 0 unspecified atom stereocenters. The third kappa shape index (κ3) is 4.27. The first-order valence-electron chi connectivity index (χ1n) is 8.51. The molecule has 140 valence electrons. The first-order valence-corrected chi connectivity index (χ1v) is 8.51. The summed E-state index contributed by atoms with van der Waals surface area (Å²) in [7, 11) is 0. The van der Waals surface area contributed by atoms with E-state index in [2.05, 4.69) is 0 Å². The van der Waals surface area contributed by atoms with E-state index in [9.17, 15) is 19.1 Å². The number of H-pyrrole nitrogens is 1. The van der Waals surface area contributed by atoms with Gasteiger partial charge in [-0.15, -0.1) is 0 Å². The second kappa shape index (κ2) is 8.39. The minimum absolute atomic E-state index is 0.277. The zero-order valence-corrected chi connectivity index (χ0v) is 14.1. The number of rotatable bonds is 7. The zero-order chi connectivity index (χ0) is 18.5. The number of nitrogens with one attached hydrogen (secondary N) is 1. The van der Waals surface area contributed by atoms with Crippen molar-refractivity contribution in [3.63, 3.8) is 0 Å². The topological polar surface area (TPSA) is 93.6 Å². The van der Waals surface area contributed by atoms with Gasteiger partial charge in [-0.2, -0.15) is 4.39 Å². The molecule has 2 N–H and O–H groups in total. The first kappa shape index (κ1) is 18.5.